The van der Waals surface area contributed by atoms with E-state index in [1.54, 1.807) is 0 Å². The van der Waals surface area contributed by atoms with Gasteiger partial charge in [0.1, 0.15) is 6.10 Å². The van der Waals surface area contributed by atoms with Crippen molar-refractivity contribution in [2.75, 3.05) is 13.2 Å². The molecule has 4 heteroatoms. The van der Waals surface area contributed by atoms with Crippen LogP contribution in [0, 0.1) is 5.41 Å². The van der Waals surface area contributed by atoms with Crippen molar-refractivity contribution in [2.24, 2.45) is 11.1 Å². The number of aliphatic hydroxyl groups is 2. The molecule has 0 amide bonds. The summed E-state index contributed by atoms with van der Waals surface area (Å²) >= 11 is 0. The SMILES string of the molecule is NCC1(C(=O)C(O)CO)CCCCC1. The fourth-order valence-electron chi connectivity index (χ4n) is 2.22. The second-order valence-electron chi connectivity index (χ2n) is 4.11. The topological polar surface area (TPSA) is 83.6 Å². The van der Waals surface area contributed by atoms with Crippen molar-refractivity contribution in [2.45, 2.75) is 38.2 Å². The lowest BCUT2D eigenvalue weighted by atomic mass is 9.70. The predicted molar refractivity (Wildman–Crippen MR) is 52.7 cm³/mol. The average molecular weight is 201 g/mol. The summed E-state index contributed by atoms with van der Waals surface area (Å²) in [5.74, 6) is -0.276. The van der Waals surface area contributed by atoms with Crippen molar-refractivity contribution in [3.8, 4) is 0 Å². The summed E-state index contributed by atoms with van der Waals surface area (Å²) in [7, 11) is 0. The average Bonchev–Trinajstić information content (AvgIpc) is 2.28. The molecule has 1 saturated carbocycles. The number of rotatable bonds is 4. The number of Topliss-reactive ketones (excluding diaryl/α,β-unsaturated/α-hetero) is 1. The summed E-state index contributed by atoms with van der Waals surface area (Å²) < 4.78 is 0. The molecule has 82 valence electrons. The van der Waals surface area contributed by atoms with Crippen LogP contribution in [0.4, 0.5) is 0 Å². The van der Waals surface area contributed by atoms with Gasteiger partial charge in [0.2, 0.25) is 0 Å². The highest BCUT2D eigenvalue weighted by atomic mass is 16.3. The van der Waals surface area contributed by atoms with Crippen LogP contribution in [0.3, 0.4) is 0 Å². The Morgan fingerprint density at radius 2 is 1.93 bits per heavy atom. The zero-order chi connectivity index (χ0) is 10.6. The Morgan fingerprint density at radius 1 is 1.36 bits per heavy atom. The Balaban J connectivity index is 2.72. The maximum Gasteiger partial charge on any atom is 0.171 e. The molecule has 1 atom stereocenters. The fourth-order valence-corrected chi connectivity index (χ4v) is 2.22. The molecule has 0 aromatic heterocycles. The first kappa shape index (κ1) is 11.6. The molecule has 0 radical (unpaired) electrons. The van der Waals surface area contributed by atoms with Crippen LogP contribution >= 0.6 is 0 Å². The number of carbonyl (C=O) groups excluding carboxylic acids is 1. The van der Waals surface area contributed by atoms with Crippen molar-refractivity contribution in [1.82, 2.24) is 0 Å². The summed E-state index contributed by atoms with van der Waals surface area (Å²) in [5, 5.41) is 18.1. The lowest BCUT2D eigenvalue weighted by Crippen LogP contribution is -2.46. The van der Waals surface area contributed by atoms with E-state index in [-0.39, 0.29) is 12.3 Å². The molecule has 0 aliphatic heterocycles. The second kappa shape index (κ2) is 4.87. The lowest BCUT2D eigenvalue weighted by molar-refractivity contribution is -0.140. The standard InChI is InChI=1S/C10H19NO3/c11-7-10(4-2-1-3-5-10)9(14)8(13)6-12/h8,12-13H,1-7,11H2. The van der Waals surface area contributed by atoms with Crippen molar-refractivity contribution in [3.63, 3.8) is 0 Å². The number of hydrogen-bond donors (Lipinski definition) is 3. The minimum atomic E-state index is -1.25. The zero-order valence-corrected chi connectivity index (χ0v) is 8.41. The molecule has 0 aromatic rings. The lowest BCUT2D eigenvalue weighted by Gasteiger charge is -2.35. The maximum absolute atomic E-state index is 11.8. The molecule has 4 N–H and O–H groups in total. The summed E-state index contributed by atoms with van der Waals surface area (Å²) in [6, 6.07) is 0. The maximum atomic E-state index is 11.8. The molecule has 14 heavy (non-hydrogen) atoms. The highest BCUT2D eigenvalue weighted by molar-refractivity contribution is 5.89. The predicted octanol–water partition coefficient (Wildman–Crippen LogP) is -0.182. The van der Waals surface area contributed by atoms with Gasteiger partial charge in [-0.3, -0.25) is 4.79 Å². The molecule has 4 nitrogen and oxygen atoms in total. The molecule has 0 saturated heterocycles. The van der Waals surface area contributed by atoms with Crippen molar-refractivity contribution < 1.29 is 15.0 Å². The minimum absolute atomic E-state index is 0.276. The van der Waals surface area contributed by atoms with Crippen molar-refractivity contribution in [1.29, 1.82) is 0 Å². The first-order chi connectivity index (χ1) is 6.66. The highest BCUT2D eigenvalue weighted by Crippen LogP contribution is 2.36. The first-order valence-corrected chi connectivity index (χ1v) is 5.19. The molecule has 0 bridgehead atoms. The molecule has 0 heterocycles. The third-order valence-corrected chi connectivity index (χ3v) is 3.20. The molecular weight excluding hydrogens is 182 g/mol. The normalized spacial score (nSPS) is 23.1. The van der Waals surface area contributed by atoms with Gasteiger partial charge in [0.25, 0.3) is 0 Å². The second-order valence-corrected chi connectivity index (χ2v) is 4.11. The van der Waals surface area contributed by atoms with E-state index in [1.165, 1.54) is 0 Å². The molecule has 0 aromatic carbocycles. The van der Waals surface area contributed by atoms with Gasteiger partial charge < -0.3 is 15.9 Å². The smallest absolute Gasteiger partial charge is 0.171 e. The zero-order valence-electron chi connectivity index (χ0n) is 8.41. The van der Waals surface area contributed by atoms with Gasteiger partial charge in [-0.2, -0.15) is 0 Å². The quantitative estimate of drug-likeness (QED) is 0.589. The molecule has 1 unspecified atom stereocenters. The Bertz CT molecular complexity index is 200. The van der Waals surface area contributed by atoms with Gasteiger partial charge >= 0.3 is 0 Å². The van der Waals surface area contributed by atoms with E-state index in [9.17, 15) is 9.90 Å². The van der Waals surface area contributed by atoms with Crippen LogP contribution < -0.4 is 5.73 Å². The summed E-state index contributed by atoms with van der Waals surface area (Å²) in [6.07, 6.45) is 3.35. The number of ketones is 1. The van der Waals surface area contributed by atoms with E-state index in [1.807, 2.05) is 0 Å². The number of aliphatic hydroxyl groups excluding tert-OH is 2. The Morgan fingerprint density at radius 3 is 2.36 bits per heavy atom. The molecule has 0 spiro atoms. The molecule has 1 fully saturated rings. The van der Waals surface area contributed by atoms with E-state index >= 15 is 0 Å². The van der Waals surface area contributed by atoms with Crippen LogP contribution in [-0.2, 0) is 4.79 Å². The molecule has 1 aliphatic carbocycles. The van der Waals surface area contributed by atoms with Crippen LogP contribution in [0.1, 0.15) is 32.1 Å². The molecular formula is C10H19NO3. The number of carbonyl (C=O) groups is 1. The van der Waals surface area contributed by atoms with Gasteiger partial charge in [0, 0.05) is 12.0 Å². The third-order valence-electron chi connectivity index (χ3n) is 3.20. The Labute approximate surface area is 84.1 Å². The summed E-state index contributed by atoms with van der Waals surface area (Å²) in [4.78, 5) is 11.8. The van der Waals surface area contributed by atoms with Crippen LogP contribution in [-0.4, -0.2) is 35.3 Å². The largest absolute Gasteiger partial charge is 0.393 e. The monoisotopic (exact) mass is 201 g/mol. The van der Waals surface area contributed by atoms with E-state index in [0.717, 1.165) is 32.1 Å². The van der Waals surface area contributed by atoms with E-state index < -0.39 is 18.1 Å². The van der Waals surface area contributed by atoms with Crippen molar-refractivity contribution >= 4 is 5.78 Å². The van der Waals surface area contributed by atoms with Gasteiger partial charge in [-0.15, -0.1) is 0 Å². The molecule has 1 rings (SSSR count). The van der Waals surface area contributed by atoms with Gasteiger partial charge in [-0.1, -0.05) is 19.3 Å². The highest BCUT2D eigenvalue weighted by Gasteiger charge is 2.40. The van der Waals surface area contributed by atoms with Crippen molar-refractivity contribution in [3.05, 3.63) is 0 Å². The fraction of sp³-hybridized carbons (Fsp3) is 0.900. The van der Waals surface area contributed by atoms with Gasteiger partial charge in [0.05, 0.1) is 6.61 Å². The first-order valence-electron chi connectivity index (χ1n) is 5.19. The summed E-state index contributed by atoms with van der Waals surface area (Å²) in [6.45, 7) is -0.219. The Kier molecular flexibility index (Phi) is 4.04. The van der Waals surface area contributed by atoms with Crippen LogP contribution in [0.5, 0.6) is 0 Å². The van der Waals surface area contributed by atoms with E-state index in [2.05, 4.69) is 0 Å². The molecule has 1 aliphatic rings. The summed E-state index contributed by atoms with van der Waals surface area (Å²) in [5.41, 5.74) is 5.05. The van der Waals surface area contributed by atoms with Crippen LogP contribution in [0.2, 0.25) is 0 Å². The van der Waals surface area contributed by atoms with Gasteiger partial charge in [-0.05, 0) is 12.8 Å². The Hall–Kier alpha value is -0.450. The van der Waals surface area contributed by atoms with Crippen LogP contribution in [0.25, 0.3) is 0 Å². The van der Waals surface area contributed by atoms with Gasteiger partial charge in [0.15, 0.2) is 5.78 Å². The van der Waals surface area contributed by atoms with Crippen LogP contribution in [0.15, 0.2) is 0 Å². The van der Waals surface area contributed by atoms with Gasteiger partial charge in [-0.25, -0.2) is 0 Å². The number of hydrogen-bond acceptors (Lipinski definition) is 4. The van der Waals surface area contributed by atoms with E-state index in [0.29, 0.717) is 0 Å². The minimum Gasteiger partial charge on any atom is -0.393 e. The van der Waals surface area contributed by atoms with E-state index in [4.69, 9.17) is 10.8 Å². The third kappa shape index (κ3) is 2.13. The number of nitrogens with two attached hydrogens (primary N) is 1.